The smallest absolute Gasteiger partial charge is 0.402 e. The van der Waals surface area contributed by atoms with Gasteiger partial charge in [-0.2, -0.15) is 17.2 Å². The van der Waals surface area contributed by atoms with Crippen molar-refractivity contribution in [2.45, 2.75) is 5.25 Å². The molecule has 23 heavy (non-hydrogen) atoms. The van der Waals surface area contributed by atoms with E-state index in [9.17, 15) is 17.2 Å². The van der Waals surface area contributed by atoms with Gasteiger partial charge < -0.3 is 4.74 Å². The normalized spacial score (nSPS) is 12.7. The molecule has 0 saturated carbocycles. The summed E-state index contributed by atoms with van der Waals surface area (Å²) in [6.07, 6.45) is 0. The van der Waals surface area contributed by atoms with Crippen LogP contribution >= 0.6 is 0 Å². The minimum atomic E-state index is -5.54. The van der Waals surface area contributed by atoms with Gasteiger partial charge in [-0.05, 0) is 16.8 Å². The molecule has 0 radical (unpaired) electrons. The molecule has 0 aliphatic carbocycles. The Morgan fingerprint density at radius 3 is 1.91 bits per heavy atom. The number of halogens is 2. The van der Waals surface area contributed by atoms with Crippen molar-refractivity contribution in [3.05, 3.63) is 54.6 Å². The number of ether oxygens (including phenoxy) is 1. The fourth-order valence-corrected chi connectivity index (χ4v) is 2.57. The van der Waals surface area contributed by atoms with Gasteiger partial charge in [0.25, 0.3) is 0 Å². The zero-order valence-electron chi connectivity index (χ0n) is 11.7. The van der Waals surface area contributed by atoms with Gasteiger partial charge in [-0.15, -0.1) is 0 Å². The van der Waals surface area contributed by atoms with E-state index < -0.39 is 22.0 Å². The topological polar surface area (TPSA) is 63.6 Å². The molecule has 0 aliphatic heterocycles. The Kier molecular flexibility index (Phi) is 3.69. The fourth-order valence-electron chi connectivity index (χ4n) is 2.36. The summed E-state index contributed by atoms with van der Waals surface area (Å²) in [5, 5.41) is -1.67. The summed E-state index contributed by atoms with van der Waals surface area (Å²) in [5.41, 5.74) is 0. The van der Waals surface area contributed by atoms with Crippen LogP contribution in [-0.4, -0.2) is 24.8 Å². The van der Waals surface area contributed by atoms with E-state index in [1.54, 1.807) is 48.5 Å². The lowest BCUT2D eigenvalue weighted by Crippen LogP contribution is -2.34. The van der Waals surface area contributed by atoms with Gasteiger partial charge >= 0.3 is 15.4 Å². The van der Waals surface area contributed by atoms with Crippen LogP contribution in [0, 0.1) is 0 Å². The first-order valence-corrected chi connectivity index (χ1v) is 8.12. The lowest BCUT2D eigenvalue weighted by molar-refractivity contribution is 0.0299. The van der Waals surface area contributed by atoms with Crippen LogP contribution in [0.25, 0.3) is 21.5 Å². The second-order valence-corrected chi connectivity index (χ2v) is 6.60. The largest absolute Gasteiger partial charge is 0.485 e. The molecule has 0 spiro atoms. The first-order chi connectivity index (χ1) is 10.8. The molecule has 3 aromatic carbocycles. The van der Waals surface area contributed by atoms with E-state index in [4.69, 9.17) is 9.29 Å². The van der Waals surface area contributed by atoms with Crippen LogP contribution in [0.4, 0.5) is 8.78 Å². The number of rotatable bonds is 4. The molecule has 1 N–H and O–H groups in total. The number of benzene rings is 3. The molecule has 0 bridgehead atoms. The maximum atomic E-state index is 13.5. The minimum Gasteiger partial charge on any atom is -0.485 e. The monoisotopic (exact) mass is 338 g/mol. The first kappa shape index (κ1) is 15.6. The van der Waals surface area contributed by atoms with Crippen molar-refractivity contribution in [1.29, 1.82) is 0 Å². The third-order valence-electron chi connectivity index (χ3n) is 3.48. The average molecular weight is 338 g/mol. The fraction of sp³-hybridized carbons (Fsp3) is 0.125. The van der Waals surface area contributed by atoms with E-state index in [1.807, 2.05) is 6.07 Å². The predicted molar refractivity (Wildman–Crippen MR) is 83.4 cm³/mol. The number of fused-ring (bicyclic) bond motifs is 2. The number of hydrogen-bond donors (Lipinski definition) is 1. The summed E-state index contributed by atoms with van der Waals surface area (Å²) in [6.45, 7) is -1.47. The number of hydrogen-bond acceptors (Lipinski definition) is 3. The Hall–Kier alpha value is -2.25. The summed E-state index contributed by atoms with van der Waals surface area (Å²) in [6, 6.07) is 15.9. The van der Waals surface area contributed by atoms with Gasteiger partial charge in [-0.1, -0.05) is 48.5 Å². The Morgan fingerprint density at radius 1 is 0.957 bits per heavy atom. The van der Waals surface area contributed by atoms with Crippen molar-refractivity contribution in [2.75, 3.05) is 6.61 Å². The van der Waals surface area contributed by atoms with Crippen molar-refractivity contribution >= 4 is 31.7 Å². The van der Waals surface area contributed by atoms with Crippen molar-refractivity contribution in [3.8, 4) is 5.75 Å². The number of alkyl halides is 2. The zero-order chi connectivity index (χ0) is 16.7. The molecule has 0 amide bonds. The predicted octanol–water partition coefficient (Wildman–Crippen LogP) is 3.85. The van der Waals surface area contributed by atoms with Gasteiger partial charge in [0.15, 0.2) is 6.61 Å². The van der Waals surface area contributed by atoms with Crippen LogP contribution in [0.15, 0.2) is 54.6 Å². The highest BCUT2D eigenvalue weighted by Crippen LogP contribution is 2.36. The molecule has 0 aromatic heterocycles. The highest BCUT2D eigenvalue weighted by atomic mass is 32.2. The molecular formula is C16H12F2O4S. The highest BCUT2D eigenvalue weighted by molar-refractivity contribution is 7.86. The second kappa shape index (κ2) is 5.43. The van der Waals surface area contributed by atoms with Crippen LogP contribution < -0.4 is 4.74 Å². The second-order valence-electron chi connectivity index (χ2n) is 5.05. The molecule has 0 aliphatic rings. The third-order valence-corrected chi connectivity index (χ3v) is 4.36. The molecule has 0 atom stereocenters. The summed E-state index contributed by atoms with van der Waals surface area (Å²) >= 11 is 0. The van der Waals surface area contributed by atoms with Crippen LogP contribution in [0.2, 0.25) is 0 Å². The van der Waals surface area contributed by atoms with E-state index in [2.05, 4.69) is 0 Å². The van der Waals surface area contributed by atoms with Gasteiger partial charge in [0, 0.05) is 10.8 Å². The standard InChI is InChI=1S/C16H12F2O4S/c17-16(18,23(19,20)21)10-22-15-13-7-3-1-5-11(13)9-12-6-2-4-8-14(12)15/h1-9H,10H2,(H,19,20,21). The average Bonchev–Trinajstić information content (AvgIpc) is 2.50. The molecular weight excluding hydrogens is 326 g/mol. The van der Waals surface area contributed by atoms with Crippen molar-refractivity contribution in [3.63, 3.8) is 0 Å². The quantitative estimate of drug-likeness (QED) is 0.580. The summed E-state index contributed by atoms with van der Waals surface area (Å²) in [7, 11) is -5.54. The molecule has 0 saturated heterocycles. The van der Waals surface area contributed by atoms with Crippen LogP contribution in [0.3, 0.4) is 0 Å². The van der Waals surface area contributed by atoms with Crippen molar-refractivity contribution in [1.82, 2.24) is 0 Å². The zero-order valence-corrected chi connectivity index (χ0v) is 12.6. The van der Waals surface area contributed by atoms with Crippen LogP contribution in [0.1, 0.15) is 0 Å². The Morgan fingerprint density at radius 2 is 1.43 bits per heavy atom. The lowest BCUT2D eigenvalue weighted by Gasteiger charge is -2.17. The summed E-state index contributed by atoms with van der Waals surface area (Å²) in [4.78, 5) is 0. The Labute approximate surface area is 131 Å². The molecule has 7 heteroatoms. The van der Waals surface area contributed by atoms with Gasteiger partial charge in [-0.3, -0.25) is 4.55 Å². The highest BCUT2D eigenvalue weighted by Gasteiger charge is 2.45. The van der Waals surface area contributed by atoms with Gasteiger partial charge in [0.1, 0.15) is 5.75 Å². The van der Waals surface area contributed by atoms with E-state index in [1.165, 1.54) is 0 Å². The maximum Gasteiger partial charge on any atom is 0.402 e. The van der Waals surface area contributed by atoms with E-state index in [0.29, 0.717) is 10.8 Å². The summed E-state index contributed by atoms with van der Waals surface area (Å²) < 4.78 is 62.1. The molecule has 120 valence electrons. The maximum absolute atomic E-state index is 13.5. The molecule has 0 heterocycles. The van der Waals surface area contributed by atoms with Crippen LogP contribution in [0.5, 0.6) is 5.75 Å². The Balaban J connectivity index is 2.14. The van der Waals surface area contributed by atoms with E-state index in [-0.39, 0.29) is 5.75 Å². The SMILES string of the molecule is O=S(=O)(O)C(F)(F)COc1c2ccccc2cc2ccccc12. The molecule has 0 fully saturated rings. The van der Waals surface area contributed by atoms with Gasteiger partial charge in [0.2, 0.25) is 0 Å². The van der Waals surface area contributed by atoms with E-state index >= 15 is 0 Å². The molecule has 3 aromatic rings. The molecule has 3 rings (SSSR count). The first-order valence-electron chi connectivity index (χ1n) is 6.68. The van der Waals surface area contributed by atoms with Crippen LogP contribution in [-0.2, 0) is 10.1 Å². The van der Waals surface area contributed by atoms with E-state index in [0.717, 1.165) is 10.8 Å². The lowest BCUT2D eigenvalue weighted by atomic mass is 10.0. The molecule has 0 unspecified atom stereocenters. The van der Waals surface area contributed by atoms with Gasteiger partial charge in [0.05, 0.1) is 0 Å². The molecule has 4 nitrogen and oxygen atoms in total. The summed E-state index contributed by atoms with van der Waals surface area (Å²) in [5.74, 6) is 0.155. The van der Waals surface area contributed by atoms with Crippen molar-refractivity contribution in [2.24, 2.45) is 0 Å². The third kappa shape index (κ3) is 2.85. The van der Waals surface area contributed by atoms with Crippen molar-refractivity contribution < 1.29 is 26.5 Å². The van der Waals surface area contributed by atoms with Gasteiger partial charge in [-0.25, -0.2) is 0 Å². The Bertz CT molecular complexity index is 930. The minimum absolute atomic E-state index is 0.155.